The zero-order chi connectivity index (χ0) is 13.1. The molecule has 1 rings (SSSR count). The van der Waals surface area contributed by atoms with Crippen LogP contribution in [0.15, 0.2) is 18.2 Å². The molecule has 1 atom stereocenters. The Morgan fingerprint density at radius 2 is 1.88 bits per heavy atom. The minimum Gasteiger partial charge on any atom is -0.497 e. The smallest absolute Gasteiger partial charge is 0.127 e. The summed E-state index contributed by atoms with van der Waals surface area (Å²) in [5.74, 6) is 1.55. The standard InChI is InChI=1S/C13H22N2O2/c1-13(2,14)12(15-3)10-7-6-9(16-4)8-11(10)17-5/h6-8,12,15H,14H2,1-5H3. The second kappa shape index (κ2) is 5.38. The second-order valence-electron chi connectivity index (χ2n) is 4.65. The molecular formula is C13H22N2O2. The average molecular weight is 238 g/mol. The predicted molar refractivity (Wildman–Crippen MR) is 69.6 cm³/mol. The minimum atomic E-state index is -0.378. The number of nitrogens with one attached hydrogen (secondary N) is 1. The van der Waals surface area contributed by atoms with E-state index in [4.69, 9.17) is 15.2 Å². The first-order valence-electron chi connectivity index (χ1n) is 5.62. The molecule has 17 heavy (non-hydrogen) atoms. The molecule has 0 amide bonds. The fraction of sp³-hybridized carbons (Fsp3) is 0.538. The third-order valence-corrected chi connectivity index (χ3v) is 2.78. The van der Waals surface area contributed by atoms with E-state index in [-0.39, 0.29) is 11.6 Å². The molecule has 0 aliphatic rings. The van der Waals surface area contributed by atoms with Crippen molar-refractivity contribution < 1.29 is 9.47 Å². The lowest BCUT2D eigenvalue weighted by Gasteiger charge is -2.31. The Hall–Kier alpha value is -1.26. The molecule has 0 saturated carbocycles. The summed E-state index contributed by atoms with van der Waals surface area (Å²) in [7, 11) is 5.17. The van der Waals surface area contributed by atoms with Gasteiger partial charge in [0.15, 0.2) is 0 Å². The van der Waals surface area contributed by atoms with Gasteiger partial charge in [-0.2, -0.15) is 0 Å². The normalized spacial score (nSPS) is 13.3. The Bertz CT molecular complexity index is 372. The number of methoxy groups -OCH3 is 2. The van der Waals surface area contributed by atoms with E-state index >= 15 is 0 Å². The Kier molecular flexibility index (Phi) is 4.37. The van der Waals surface area contributed by atoms with Gasteiger partial charge in [0.05, 0.1) is 20.3 Å². The summed E-state index contributed by atoms with van der Waals surface area (Å²) in [6.45, 7) is 3.97. The fourth-order valence-corrected chi connectivity index (χ4v) is 1.99. The first-order valence-corrected chi connectivity index (χ1v) is 5.62. The quantitative estimate of drug-likeness (QED) is 0.820. The number of benzene rings is 1. The van der Waals surface area contributed by atoms with Gasteiger partial charge in [-0.15, -0.1) is 0 Å². The summed E-state index contributed by atoms with van der Waals surface area (Å²) in [5.41, 5.74) is 6.82. The van der Waals surface area contributed by atoms with E-state index in [2.05, 4.69) is 5.32 Å². The van der Waals surface area contributed by atoms with Gasteiger partial charge < -0.3 is 20.5 Å². The van der Waals surface area contributed by atoms with Crippen molar-refractivity contribution in [3.63, 3.8) is 0 Å². The molecular weight excluding hydrogens is 216 g/mol. The molecule has 3 N–H and O–H groups in total. The number of hydrogen-bond donors (Lipinski definition) is 2. The average Bonchev–Trinajstić information content (AvgIpc) is 2.28. The molecule has 4 heteroatoms. The Morgan fingerprint density at radius 3 is 2.29 bits per heavy atom. The molecule has 0 saturated heterocycles. The van der Waals surface area contributed by atoms with Gasteiger partial charge in [-0.3, -0.25) is 0 Å². The van der Waals surface area contributed by atoms with E-state index in [0.717, 1.165) is 17.1 Å². The summed E-state index contributed by atoms with van der Waals surface area (Å²) in [5, 5.41) is 3.22. The molecule has 0 bridgehead atoms. The first kappa shape index (κ1) is 13.8. The SMILES string of the molecule is CNC(c1ccc(OC)cc1OC)C(C)(C)N. The van der Waals surface area contributed by atoms with Gasteiger partial charge in [-0.05, 0) is 33.0 Å². The van der Waals surface area contributed by atoms with Crippen LogP contribution in [0.2, 0.25) is 0 Å². The highest BCUT2D eigenvalue weighted by Crippen LogP contribution is 2.33. The van der Waals surface area contributed by atoms with Crippen molar-refractivity contribution >= 4 is 0 Å². The van der Waals surface area contributed by atoms with E-state index in [1.807, 2.05) is 39.1 Å². The molecule has 0 aromatic heterocycles. The van der Waals surface area contributed by atoms with Crippen LogP contribution in [0.1, 0.15) is 25.5 Å². The van der Waals surface area contributed by atoms with Crippen LogP contribution in [-0.2, 0) is 0 Å². The number of rotatable bonds is 5. The molecule has 0 fully saturated rings. The Morgan fingerprint density at radius 1 is 1.24 bits per heavy atom. The Labute approximate surface area is 103 Å². The minimum absolute atomic E-state index is 0.0170. The molecule has 0 aliphatic carbocycles. The van der Waals surface area contributed by atoms with Crippen molar-refractivity contribution in [3.05, 3.63) is 23.8 Å². The molecule has 1 aromatic carbocycles. The van der Waals surface area contributed by atoms with Crippen LogP contribution in [0.4, 0.5) is 0 Å². The summed E-state index contributed by atoms with van der Waals surface area (Å²) >= 11 is 0. The summed E-state index contributed by atoms with van der Waals surface area (Å²) < 4.78 is 10.6. The van der Waals surface area contributed by atoms with E-state index in [1.165, 1.54) is 0 Å². The lowest BCUT2D eigenvalue weighted by molar-refractivity contribution is 0.343. The van der Waals surface area contributed by atoms with Crippen LogP contribution in [0, 0.1) is 0 Å². The summed E-state index contributed by atoms with van der Waals surface area (Å²) in [6.07, 6.45) is 0. The lowest BCUT2D eigenvalue weighted by atomic mass is 9.89. The van der Waals surface area contributed by atoms with Gasteiger partial charge in [-0.25, -0.2) is 0 Å². The van der Waals surface area contributed by atoms with Gasteiger partial charge >= 0.3 is 0 Å². The van der Waals surface area contributed by atoms with Crippen molar-refractivity contribution in [3.8, 4) is 11.5 Å². The highest BCUT2D eigenvalue weighted by atomic mass is 16.5. The summed E-state index contributed by atoms with van der Waals surface area (Å²) in [4.78, 5) is 0. The predicted octanol–water partition coefficient (Wildman–Crippen LogP) is 1.70. The van der Waals surface area contributed by atoms with Gasteiger partial charge in [0.1, 0.15) is 11.5 Å². The molecule has 0 radical (unpaired) electrons. The zero-order valence-corrected chi connectivity index (χ0v) is 11.2. The first-order chi connectivity index (χ1) is 7.93. The van der Waals surface area contributed by atoms with E-state index in [9.17, 15) is 0 Å². The third-order valence-electron chi connectivity index (χ3n) is 2.78. The van der Waals surface area contributed by atoms with Crippen molar-refractivity contribution in [1.82, 2.24) is 5.32 Å². The van der Waals surface area contributed by atoms with Crippen molar-refractivity contribution in [2.45, 2.75) is 25.4 Å². The van der Waals surface area contributed by atoms with Crippen LogP contribution in [0.3, 0.4) is 0 Å². The second-order valence-corrected chi connectivity index (χ2v) is 4.65. The highest BCUT2D eigenvalue weighted by Gasteiger charge is 2.27. The topological polar surface area (TPSA) is 56.5 Å². The van der Waals surface area contributed by atoms with Crippen molar-refractivity contribution in [2.75, 3.05) is 21.3 Å². The molecule has 0 spiro atoms. The lowest BCUT2D eigenvalue weighted by Crippen LogP contribution is -2.45. The zero-order valence-electron chi connectivity index (χ0n) is 11.2. The van der Waals surface area contributed by atoms with Gasteiger partial charge in [0, 0.05) is 17.2 Å². The van der Waals surface area contributed by atoms with Crippen LogP contribution >= 0.6 is 0 Å². The maximum absolute atomic E-state index is 6.17. The van der Waals surface area contributed by atoms with E-state index in [1.54, 1.807) is 14.2 Å². The summed E-state index contributed by atoms with van der Waals surface area (Å²) in [6, 6.07) is 5.77. The van der Waals surface area contributed by atoms with Crippen LogP contribution < -0.4 is 20.5 Å². The molecule has 1 aromatic rings. The number of hydrogen-bond acceptors (Lipinski definition) is 4. The number of nitrogens with two attached hydrogens (primary N) is 1. The van der Waals surface area contributed by atoms with Gasteiger partial charge in [-0.1, -0.05) is 0 Å². The van der Waals surface area contributed by atoms with Crippen molar-refractivity contribution in [1.29, 1.82) is 0 Å². The molecule has 0 aliphatic heterocycles. The van der Waals surface area contributed by atoms with E-state index in [0.29, 0.717) is 0 Å². The van der Waals surface area contributed by atoms with Gasteiger partial charge in [0.2, 0.25) is 0 Å². The highest BCUT2D eigenvalue weighted by molar-refractivity contribution is 5.43. The number of ether oxygens (including phenoxy) is 2. The molecule has 4 nitrogen and oxygen atoms in total. The fourth-order valence-electron chi connectivity index (χ4n) is 1.99. The number of likely N-dealkylation sites (N-methyl/N-ethyl adjacent to an activating group) is 1. The maximum Gasteiger partial charge on any atom is 0.127 e. The van der Waals surface area contributed by atoms with Gasteiger partial charge in [0.25, 0.3) is 0 Å². The molecule has 0 heterocycles. The van der Waals surface area contributed by atoms with Crippen LogP contribution in [-0.4, -0.2) is 26.8 Å². The van der Waals surface area contributed by atoms with Crippen LogP contribution in [0.25, 0.3) is 0 Å². The maximum atomic E-state index is 6.17. The molecule has 96 valence electrons. The largest absolute Gasteiger partial charge is 0.497 e. The van der Waals surface area contributed by atoms with Crippen LogP contribution in [0.5, 0.6) is 11.5 Å². The molecule has 1 unspecified atom stereocenters. The van der Waals surface area contributed by atoms with Crippen molar-refractivity contribution in [2.24, 2.45) is 5.73 Å². The van der Waals surface area contributed by atoms with E-state index < -0.39 is 0 Å². The Balaban J connectivity index is 3.20. The third kappa shape index (κ3) is 3.11. The monoisotopic (exact) mass is 238 g/mol.